The number of thioether (sulfide) groups is 1. The SMILES string of the molecule is CCCSc1nnc(-c2cccc(S(=O)(=O)N(CC)CC)c2)o1. The Balaban J connectivity index is 2.31. The minimum absolute atomic E-state index is 0.236. The first-order valence-corrected chi connectivity index (χ1v) is 10.0. The molecule has 1 aromatic heterocycles. The van der Waals surface area contributed by atoms with Crippen LogP contribution in [-0.2, 0) is 10.0 Å². The quantitative estimate of drug-likeness (QED) is 0.677. The van der Waals surface area contributed by atoms with Gasteiger partial charge < -0.3 is 4.42 Å². The molecule has 0 spiro atoms. The van der Waals surface area contributed by atoms with Gasteiger partial charge in [0.15, 0.2) is 0 Å². The van der Waals surface area contributed by atoms with Crippen molar-refractivity contribution >= 4 is 21.8 Å². The average Bonchev–Trinajstić information content (AvgIpc) is 3.03. The summed E-state index contributed by atoms with van der Waals surface area (Å²) < 4.78 is 32.2. The number of sulfonamides is 1. The molecule has 2 aromatic rings. The highest BCUT2D eigenvalue weighted by atomic mass is 32.2. The predicted molar refractivity (Wildman–Crippen MR) is 90.9 cm³/mol. The van der Waals surface area contributed by atoms with Crippen molar-refractivity contribution in [1.82, 2.24) is 14.5 Å². The van der Waals surface area contributed by atoms with Crippen molar-refractivity contribution in [2.75, 3.05) is 18.8 Å². The van der Waals surface area contributed by atoms with Gasteiger partial charge in [0.1, 0.15) is 0 Å². The maximum absolute atomic E-state index is 12.6. The van der Waals surface area contributed by atoms with E-state index in [9.17, 15) is 8.42 Å². The third-order valence-corrected chi connectivity index (χ3v) is 6.33. The molecule has 0 saturated carbocycles. The van der Waals surface area contributed by atoms with Gasteiger partial charge in [0.05, 0.1) is 4.90 Å². The Bertz CT molecular complexity index is 740. The Morgan fingerprint density at radius 3 is 2.57 bits per heavy atom. The first-order valence-electron chi connectivity index (χ1n) is 7.59. The van der Waals surface area contributed by atoms with Crippen LogP contribution in [0.1, 0.15) is 27.2 Å². The van der Waals surface area contributed by atoms with Crippen LogP contribution in [0, 0.1) is 0 Å². The van der Waals surface area contributed by atoms with E-state index in [0.29, 0.717) is 29.8 Å². The van der Waals surface area contributed by atoms with Crippen LogP contribution in [0.25, 0.3) is 11.5 Å². The maximum Gasteiger partial charge on any atom is 0.276 e. The topological polar surface area (TPSA) is 76.3 Å². The molecule has 1 heterocycles. The summed E-state index contributed by atoms with van der Waals surface area (Å²) in [5.74, 6) is 1.23. The summed E-state index contributed by atoms with van der Waals surface area (Å²) >= 11 is 1.49. The van der Waals surface area contributed by atoms with Crippen LogP contribution in [0.5, 0.6) is 0 Å². The molecule has 8 heteroatoms. The van der Waals surface area contributed by atoms with Crippen LogP contribution < -0.4 is 0 Å². The zero-order valence-electron chi connectivity index (χ0n) is 13.5. The minimum atomic E-state index is -3.50. The Kier molecular flexibility index (Phi) is 6.20. The summed E-state index contributed by atoms with van der Waals surface area (Å²) in [6.45, 7) is 6.58. The van der Waals surface area contributed by atoms with Gasteiger partial charge in [-0.2, -0.15) is 4.31 Å². The zero-order valence-corrected chi connectivity index (χ0v) is 15.2. The van der Waals surface area contributed by atoms with E-state index in [1.165, 1.54) is 16.1 Å². The summed E-state index contributed by atoms with van der Waals surface area (Å²) in [6, 6.07) is 6.62. The molecule has 0 amide bonds. The lowest BCUT2D eigenvalue weighted by atomic mass is 10.2. The van der Waals surface area contributed by atoms with Crippen molar-refractivity contribution in [2.45, 2.75) is 37.3 Å². The largest absolute Gasteiger partial charge is 0.411 e. The second-order valence-corrected chi connectivity index (χ2v) is 7.82. The van der Waals surface area contributed by atoms with Gasteiger partial charge in [-0.25, -0.2) is 8.42 Å². The van der Waals surface area contributed by atoms with E-state index in [1.807, 2.05) is 13.8 Å². The summed E-state index contributed by atoms with van der Waals surface area (Å²) in [6.07, 6.45) is 1.01. The molecule has 0 fully saturated rings. The Morgan fingerprint density at radius 2 is 1.91 bits per heavy atom. The molecule has 0 aliphatic carbocycles. The number of hydrogen-bond acceptors (Lipinski definition) is 6. The Labute approximate surface area is 141 Å². The summed E-state index contributed by atoms with van der Waals surface area (Å²) in [5, 5.41) is 8.48. The number of benzene rings is 1. The lowest BCUT2D eigenvalue weighted by molar-refractivity contribution is 0.445. The Hall–Kier alpha value is -1.38. The summed E-state index contributed by atoms with van der Waals surface area (Å²) in [5.41, 5.74) is 0.606. The molecule has 1 aromatic carbocycles. The maximum atomic E-state index is 12.6. The van der Waals surface area contributed by atoms with Crippen LogP contribution in [0.4, 0.5) is 0 Å². The van der Waals surface area contributed by atoms with E-state index in [1.54, 1.807) is 24.3 Å². The first kappa shape index (κ1) is 18.0. The second kappa shape index (κ2) is 7.94. The van der Waals surface area contributed by atoms with Crippen LogP contribution in [0.15, 0.2) is 38.8 Å². The smallest absolute Gasteiger partial charge is 0.276 e. The number of nitrogens with zero attached hydrogens (tertiary/aromatic N) is 3. The molecule has 0 aliphatic rings. The molecule has 0 bridgehead atoms. The molecule has 23 heavy (non-hydrogen) atoms. The minimum Gasteiger partial charge on any atom is -0.411 e. The van der Waals surface area contributed by atoms with Gasteiger partial charge in [0.2, 0.25) is 15.9 Å². The highest BCUT2D eigenvalue weighted by Crippen LogP contribution is 2.26. The fourth-order valence-corrected chi connectivity index (χ4v) is 4.20. The molecule has 126 valence electrons. The number of aromatic nitrogens is 2. The van der Waals surface area contributed by atoms with Crippen molar-refractivity contribution in [3.05, 3.63) is 24.3 Å². The lowest BCUT2D eigenvalue weighted by Gasteiger charge is -2.18. The van der Waals surface area contributed by atoms with Gasteiger partial charge in [0.25, 0.3) is 5.22 Å². The highest BCUT2D eigenvalue weighted by molar-refractivity contribution is 7.99. The van der Waals surface area contributed by atoms with E-state index in [-0.39, 0.29) is 4.90 Å². The lowest BCUT2D eigenvalue weighted by Crippen LogP contribution is -2.30. The van der Waals surface area contributed by atoms with Crippen molar-refractivity contribution in [3.63, 3.8) is 0 Å². The second-order valence-electron chi connectivity index (χ2n) is 4.84. The standard InChI is InChI=1S/C15H21N3O3S2/c1-4-10-22-15-17-16-14(21-15)12-8-7-9-13(11-12)23(19,20)18(5-2)6-3/h7-9,11H,4-6,10H2,1-3H3. The average molecular weight is 355 g/mol. The highest BCUT2D eigenvalue weighted by Gasteiger charge is 2.22. The fourth-order valence-electron chi connectivity index (χ4n) is 2.08. The molecule has 0 unspecified atom stereocenters. The van der Waals surface area contributed by atoms with E-state index in [0.717, 1.165) is 12.2 Å². The van der Waals surface area contributed by atoms with Gasteiger partial charge in [-0.1, -0.05) is 38.6 Å². The third kappa shape index (κ3) is 4.13. The van der Waals surface area contributed by atoms with Gasteiger partial charge in [-0.05, 0) is 24.6 Å². The fraction of sp³-hybridized carbons (Fsp3) is 0.467. The van der Waals surface area contributed by atoms with Gasteiger partial charge in [-0.3, -0.25) is 0 Å². The number of rotatable bonds is 8. The van der Waals surface area contributed by atoms with E-state index in [2.05, 4.69) is 17.1 Å². The molecule has 6 nitrogen and oxygen atoms in total. The predicted octanol–water partition coefficient (Wildman–Crippen LogP) is 3.27. The van der Waals surface area contributed by atoms with Crippen molar-refractivity contribution < 1.29 is 12.8 Å². The van der Waals surface area contributed by atoms with Crippen LogP contribution in [0.3, 0.4) is 0 Å². The van der Waals surface area contributed by atoms with Gasteiger partial charge >= 0.3 is 0 Å². The monoisotopic (exact) mass is 355 g/mol. The molecular formula is C15H21N3O3S2. The van der Waals surface area contributed by atoms with E-state index in [4.69, 9.17) is 4.42 Å². The van der Waals surface area contributed by atoms with Crippen molar-refractivity contribution in [2.24, 2.45) is 0 Å². The molecule has 0 aliphatic heterocycles. The van der Waals surface area contributed by atoms with Crippen molar-refractivity contribution in [1.29, 1.82) is 0 Å². The molecule has 0 atom stereocenters. The molecule has 0 saturated heterocycles. The van der Waals surface area contributed by atoms with Gasteiger partial charge in [-0.15, -0.1) is 10.2 Å². The molecule has 0 N–H and O–H groups in total. The third-order valence-electron chi connectivity index (χ3n) is 3.26. The summed E-state index contributed by atoms with van der Waals surface area (Å²) in [7, 11) is -3.50. The van der Waals surface area contributed by atoms with Crippen LogP contribution >= 0.6 is 11.8 Å². The summed E-state index contributed by atoms with van der Waals surface area (Å²) in [4.78, 5) is 0.236. The first-order chi connectivity index (χ1) is 11.0. The van der Waals surface area contributed by atoms with Gasteiger partial charge in [0, 0.05) is 24.4 Å². The zero-order chi connectivity index (χ0) is 16.9. The Morgan fingerprint density at radius 1 is 1.17 bits per heavy atom. The molecule has 0 radical (unpaired) electrons. The van der Waals surface area contributed by atoms with Crippen molar-refractivity contribution in [3.8, 4) is 11.5 Å². The van der Waals surface area contributed by atoms with E-state index >= 15 is 0 Å². The van der Waals surface area contributed by atoms with E-state index < -0.39 is 10.0 Å². The number of hydrogen-bond donors (Lipinski definition) is 0. The molecular weight excluding hydrogens is 334 g/mol. The normalized spacial score (nSPS) is 12.0. The molecule has 2 rings (SSSR count). The van der Waals surface area contributed by atoms with Crippen LogP contribution in [0.2, 0.25) is 0 Å². The van der Waals surface area contributed by atoms with Crippen LogP contribution in [-0.4, -0.2) is 41.8 Å².